The number of hydrogen-bond donors (Lipinski definition) is 7. The van der Waals surface area contributed by atoms with Crippen LogP contribution in [0, 0.1) is 0 Å². The fourth-order valence-electron chi connectivity index (χ4n) is 10.4. The second kappa shape index (κ2) is 50.2. The third-order valence-corrected chi connectivity index (χ3v) is 15.4. The van der Waals surface area contributed by atoms with Crippen LogP contribution in [0.25, 0.3) is 0 Å². The zero-order chi connectivity index (χ0) is 58.4. The Morgan fingerprint density at radius 1 is 0.321 bits per heavy atom. The largest absolute Gasteiger partial charge is 0.394 e. The fraction of sp³-hybridized carbons (Fsp3) is 1.00. The van der Waals surface area contributed by atoms with Gasteiger partial charge in [-0.2, -0.15) is 0 Å². The Bertz CT molecular complexity index is 1380. The van der Waals surface area contributed by atoms with Crippen LogP contribution in [0.3, 0.4) is 0 Å². The molecule has 0 saturated carbocycles. The highest BCUT2D eigenvalue weighted by Crippen LogP contribution is 2.35. The molecule has 0 aromatic rings. The summed E-state index contributed by atoms with van der Waals surface area (Å²) in [5, 5.41) is 71.5. The summed E-state index contributed by atoms with van der Waals surface area (Å²) in [5.74, 6) is 0. The molecule has 2 unspecified atom stereocenters. The van der Waals surface area contributed by atoms with Gasteiger partial charge in [-0.1, -0.05) is 181 Å². The molecule has 7 N–H and O–H groups in total. The molecule has 0 aromatic heterocycles. The Balaban J connectivity index is 1.45. The number of ether oxygens (including phenoxy) is 13. The molecule has 3 heterocycles. The van der Waals surface area contributed by atoms with E-state index in [0.717, 1.165) is 19.3 Å². The predicted octanol–water partition coefficient (Wildman–Crippen LogP) is 7.20. The van der Waals surface area contributed by atoms with Gasteiger partial charge < -0.3 is 97.3 Å². The molecule has 3 rings (SSSR count). The van der Waals surface area contributed by atoms with E-state index in [0.29, 0.717) is 52.9 Å². The van der Waals surface area contributed by atoms with Gasteiger partial charge in [0.05, 0.1) is 85.9 Å². The molecule has 20 heteroatoms. The van der Waals surface area contributed by atoms with Gasteiger partial charge in [0.15, 0.2) is 18.9 Å². The molecule has 0 bridgehead atoms. The quantitative estimate of drug-likeness (QED) is 0.0297. The van der Waals surface area contributed by atoms with Crippen molar-refractivity contribution in [3.63, 3.8) is 0 Å². The first-order valence-corrected chi connectivity index (χ1v) is 32.3. The van der Waals surface area contributed by atoms with Gasteiger partial charge in [0.25, 0.3) is 0 Å². The molecule has 3 saturated heterocycles. The third-order valence-electron chi connectivity index (χ3n) is 15.4. The van der Waals surface area contributed by atoms with Gasteiger partial charge in [-0.15, -0.1) is 0 Å². The number of hydrogen-bond acceptors (Lipinski definition) is 20. The zero-order valence-electron chi connectivity index (χ0n) is 50.6. The molecule has 0 spiro atoms. The fourth-order valence-corrected chi connectivity index (χ4v) is 10.4. The molecule has 482 valence electrons. The van der Waals surface area contributed by atoms with Crippen molar-refractivity contribution < 1.29 is 97.3 Å². The average molecular weight is 1170 g/mol. The highest BCUT2D eigenvalue weighted by molar-refractivity contribution is 4.95. The van der Waals surface area contributed by atoms with Crippen LogP contribution >= 0.6 is 0 Å². The summed E-state index contributed by atoms with van der Waals surface area (Å²) in [5.41, 5.74) is 0. The molecule has 20 nitrogen and oxygen atoms in total. The molecular weight excluding hydrogens is 1050 g/mol. The SMILES string of the molecule is CCCCCCCCCCCCCCCCOCC(COC(COCCOCC)COCCOCCO[C@H]1O[C@H](CO)[C@@H](O[C@H]2O[C@H](CO)[C@@H](O)[C@@H]2O)[C@@H]1O[C@H]1O[C@H](CO)[C@@H](O)[C@@H]1O)OCCCCCCCCCCCCCCCC. The minimum absolute atomic E-state index is 0.0269. The summed E-state index contributed by atoms with van der Waals surface area (Å²) in [6.07, 6.45) is 19.9. The topological polar surface area (TPSA) is 262 Å². The van der Waals surface area contributed by atoms with E-state index in [2.05, 4.69) is 13.8 Å². The highest BCUT2D eigenvalue weighted by atomic mass is 16.8. The van der Waals surface area contributed by atoms with E-state index < -0.39 is 93.6 Å². The Morgan fingerprint density at radius 2 is 0.679 bits per heavy atom. The lowest BCUT2D eigenvalue weighted by atomic mass is 10.0. The zero-order valence-corrected chi connectivity index (χ0v) is 50.6. The number of aliphatic hydroxyl groups excluding tert-OH is 7. The summed E-state index contributed by atoms with van der Waals surface area (Å²) in [6.45, 7) is 9.41. The molecule has 0 radical (unpaired) electrons. The van der Waals surface area contributed by atoms with E-state index in [1.54, 1.807) is 0 Å². The number of rotatable bonds is 58. The van der Waals surface area contributed by atoms with E-state index >= 15 is 0 Å². The summed E-state index contributed by atoms with van der Waals surface area (Å²) in [6, 6.07) is 0. The minimum Gasteiger partial charge on any atom is -0.394 e. The van der Waals surface area contributed by atoms with E-state index in [4.69, 9.17) is 61.6 Å². The second-order valence-corrected chi connectivity index (χ2v) is 22.4. The molecule has 81 heavy (non-hydrogen) atoms. The molecule has 3 fully saturated rings. The maximum Gasteiger partial charge on any atom is 0.187 e. The van der Waals surface area contributed by atoms with Crippen LogP contribution in [0.1, 0.15) is 201 Å². The van der Waals surface area contributed by atoms with Crippen LogP contribution in [-0.2, 0) is 61.6 Å². The van der Waals surface area contributed by atoms with Crippen molar-refractivity contribution >= 4 is 0 Å². The first kappa shape index (κ1) is 74.5. The van der Waals surface area contributed by atoms with Gasteiger partial charge in [-0.25, -0.2) is 0 Å². The van der Waals surface area contributed by atoms with Gasteiger partial charge in [0, 0.05) is 19.8 Å². The summed E-state index contributed by atoms with van der Waals surface area (Å²) >= 11 is 0. The molecule has 3 aliphatic heterocycles. The van der Waals surface area contributed by atoms with Crippen LogP contribution in [0.4, 0.5) is 0 Å². The van der Waals surface area contributed by atoms with Gasteiger partial charge in [0.2, 0.25) is 0 Å². The Kier molecular flexibility index (Phi) is 46.2. The van der Waals surface area contributed by atoms with Crippen molar-refractivity contribution in [2.45, 2.75) is 287 Å². The lowest BCUT2D eigenvalue weighted by Gasteiger charge is -2.30. The average Bonchev–Trinajstić information content (AvgIpc) is 4.21. The van der Waals surface area contributed by atoms with Crippen LogP contribution < -0.4 is 0 Å². The minimum atomic E-state index is -1.57. The van der Waals surface area contributed by atoms with Crippen molar-refractivity contribution in [3.8, 4) is 0 Å². The summed E-state index contributed by atoms with van der Waals surface area (Å²) in [7, 11) is 0. The maximum absolute atomic E-state index is 10.7. The normalized spacial score (nSPS) is 26.6. The second-order valence-electron chi connectivity index (χ2n) is 22.4. The van der Waals surface area contributed by atoms with E-state index in [-0.39, 0.29) is 45.2 Å². The lowest BCUT2D eigenvalue weighted by molar-refractivity contribution is -0.265. The van der Waals surface area contributed by atoms with E-state index in [1.807, 2.05) is 6.92 Å². The molecule has 0 amide bonds. The lowest BCUT2D eigenvalue weighted by Crippen LogP contribution is -2.47. The van der Waals surface area contributed by atoms with Crippen LogP contribution in [0.5, 0.6) is 0 Å². The molecule has 0 aliphatic carbocycles. The summed E-state index contributed by atoms with van der Waals surface area (Å²) < 4.78 is 77.3. The van der Waals surface area contributed by atoms with Crippen molar-refractivity contribution in [1.82, 2.24) is 0 Å². The third kappa shape index (κ3) is 33.2. The first-order chi connectivity index (χ1) is 39.7. The van der Waals surface area contributed by atoms with Gasteiger partial charge in [-0.05, 0) is 19.8 Å². The van der Waals surface area contributed by atoms with Crippen LogP contribution in [-0.4, -0.2) is 227 Å². The van der Waals surface area contributed by atoms with Crippen molar-refractivity contribution in [2.24, 2.45) is 0 Å². The first-order valence-electron chi connectivity index (χ1n) is 32.3. The van der Waals surface area contributed by atoms with Crippen molar-refractivity contribution in [3.05, 3.63) is 0 Å². The summed E-state index contributed by atoms with van der Waals surface area (Å²) in [4.78, 5) is 0. The maximum atomic E-state index is 10.7. The van der Waals surface area contributed by atoms with Crippen molar-refractivity contribution in [2.75, 3.05) is 106 Å². The standard InChI is InChI=1S/C61H118O20/c1-4-7-9-11-13-15-17-19-21-23-25-27-29-31-33-71-46-49(74-34-32-30-28-26-24-22-20-18-16-14-12-10-8-5-2)47-76-48(44-72-37-35-69-6-3)45-73-38-36-70-39-40-75-61-58(81-60-56(68)54(66)51(42-63)78-60)57(52(43-64)79-61)80-59-55(67)53(65)50(41-62)77-59/h48-68H,4-47H2,1-3H3/t48?,49?,50-,51-,52-,53-,54-,55+,56+,57-,58+,59-,60-,61+/m1/s1. The molecule has 3 aliphatic rings. The number of unbranched alkanes of at least 4 members (excludes halogenated alkanes) is 26. The highest BCUT2D eigenvalue weighted by Gasteiger charge is 2.54. The molecule has 0 aromatic carbocycles. The van der Waals surface area contributed by atoms with Crippen LogP contribution in [0.2, 0.25) is 0 Å². The molecular formula is C61H118O20. The monoisotopic (exact) mass is 1170 g/mol. The van der Waals surface area contributed by atoms with Gasteiger partial charge in [-0.3, -0.25) is 0 Å². The van der Waals surface area contributed by atoms with E-state index in [1.165, 1.54) is 161 Å². The Labute approximate surface area is 488 Å². The Hall–Kier alpha value is -0.800. The smallest absolute Gasteiger partial charge is 0.187 e. The van der Waals surface area contributed by atoms with Crippen LogP contribution in [0.15, 0.2) is 0 Å². The number of aliphatic hydroxyl groups is 7. The van der Waals surface area contributed by atoms with Gasteiger partial charge >= 0.3 is 0 Å². The molecule has 14 atom stereocenters. The van der Waals surface area contributed by atoms with Gasteiger partial charge in [0.1, 0.15) is 67.1 Å². The van der Waals surface area contributed by atoms with E-state index in [9.17, 15) is 35.7 Å². The predicted molar refractivity (Wildman–Crippen MR) is 307 cm³/mol. The van der Waals surface area contributed by atoms with Crippen molar-refractivity contribution in [1.29, 1.82) is 0 Å². The Morgan fingerprint density at radius 3 is 1.11 bits per heavy atom.